The highest BCUT2D eigenvalue weighted by Crippen LogP contribution is 2.29. The molecule has 1 aromatic heterocycles. The number of nitrogens with one attached hydrogen (secondary N) is 1. The van der Waals surface area contributed by atoms with Gasteiger partial charge in [0.2, 0.25) is 5.91 Å². The van der Waals surface area contributed by atoms with Gasteiger partial charge in [-0.15, -0.1) is 0 Å². The standard InChI is InChI=1S/C24H33ClN4O2S/c1-4-28(5-2)14-9-15-29-21-13-7-6-10-18(21)23(27-24(29)31)32-16-22(30)26-20-12-8-11-19(25)17(20)3/h8,11-12H,4-7,9-10,13-16H2,1-3H3,(H,26,30). The van der Waals surface area contributed by atoms with Crippen LogP contribution in [0.4, 0.5) is 5.69 Å². The van der Waals surface area contributed by atoms with E-state index in [2.05, 4.69) is 29.0 Å². The fraction of sp³-hybridized carbons (Fsp3) is 0.542. The van der Waals surface area contributed by atoms with Crippen molar-refractivity contribution in [1.29, 1.82) is 0 Å². The van der Waals surface area contributed by atoms with E-state index in [1.165, 1.54) is 11.8 Å². The molecule has 0 spiro atoms. The van der Waals surface area contributed by atoms with Crippen LogP contribution in [0.1, 0.15) is 49.9 Å². The van der Waals surface area contributed by atoms with E-state index in [1.807, 2.05) is 23.6 Å². The van der Waals surface area contributed by atoms with Crippen molar-refractivity contribution in [3.8, 4) is 0 Å². The first-order valence-corrected chi connectivity index (χ1v) is 12.8. The molecule has 0 saturated heterocycles. The summed E-state index contributed by atoms with van der Waals surface area (Å²) >= 11 is 7.50. The molecule has 174 valence electrons. The second kappa shape index (κ2) is 11.9. The predicted octanol–water partition coefficient (Wildman–Crippen LogP) is 4.55. The number of fused-ring (bicyclic) bond motifs is 1. The van der Waals surface area contributed by atoms with Gasteiger partial charge in [-0.1, -0.05) is 43.3 Å². The quantitative estimate of drug-likeness (QED) is 0.402. The Kier molecular flexibility index (Phi) is 9.20. The zero-order valence-corrected chi connectivity index (χ0v) is 20.8. The van der Waals surface area contributed by atoms with E-state index in [0.717, 1.165) is 68.6 Å². The van der Waals surface area contributed by atoms with Crippen LogP contribution in [0.15, 0.2) is 28.0 Å². The Labute approximate surface area is 199 Å². The molecule has 8 heteroatoms. The molecule has 32 heavy (non-hydrogen) atoms. The third-order valence-corrected chi connectivity index (χ3v) is 7.51. The molecule has 0 bridgehead atoms. The van der Waals surface area contributed by atoms with Crippen LogP contribution in [0, 0.1) is 6.92 Å². The number of aromatic nitrogens is 2. The fourth-order valence-electron chi connectivity index (χ4n) is 4.15. The molecular formula is C24H33ClN4O2S. The number of anilines is 1. The predicted molar refractivity (Wildman–Crippen MR) is 133 cm³/mol. The summed E-state index contributed by atoms with van der Waals surface area (Å²) in [5, 5.41) is 4.25. The first-order valence-electron chi connectivity index (χ1n) is 11.5. The number of nitrogens with zero attached hydrogens (tertiary/aromatic N) is 3. The molecule has 0 atom stereocenters. The minimum atomic E-state index is -0.196. The van der Waals surface area contributed by atoms with Crippen LogP contribution >= 0.6 is 23.4 Å². The van der Waals surface area contributed by atoms with Crippen molar-refractivity contribution < 1.29 is 4.79 Å². The summed E-state index contributed by atoms with van der Waals surface area (Å²) in [7, 11) is 0. The molecule has 1 aliphatic rings. The molecule has 1 N–H and O–H groups in total. The maximum atomic E-state index is 12.9. The third kappa shape index (κ3) is 6.15. The summed E-state index contributed by atoms with van der Waals surface area (Å²) in [4.78, 5) is 32.2. The van der Waals surface area contributed by atoms with Crippen LogP contribution < -0.4 is 11.0 Å². The number of rotatable bonds is 10. The lowest BCUT2D eigenvalue weighted by Gasteiger charge is -2.24. The number of halogens is 1. The molecule has 1 aliphatic carbocycles. The first-order chi connectivity index (χ1) is 15.4. The van der Waals surface area contributed by atoms with Crippen LogP contribution in [-0.4, -0.2) is 45.7 Å². The largest absolute Gasteiger partial charge is 0.348 e. The maximum Gasteiger partial charge on any atom is 0.348 e. The van der Waals surface area contributed by atoms with Crippen LogP contribution in [0.5, 0.6) is 0 Å². The number of hydrogen-bond acceptors (Lipinski definition) is 5. The van der Waals surface area contributed by atoms with Gasteiger partial charge in [0.25, 0.3) is 0 Å². The molecule has 0 fully saturated rings. The fourth-order valence-corrected chi connectivity index (χ4v) is 5.20. The molecule has 6 nitrogen and oxygen atoms in total. The van der Waals surface area contributed by atoms with Crippen molar-refractivity contribution >= 4 is 35.0 Å². The van der Waals surface area contributed by atoms with Gasteiger partial charge in [0.15, 0.2) is 0 Å². The SMILES string of the molecule is CCN(CC)CCCn1c2c(c(SCC(=O)Nc3cccc(Cl)c3C)nc1=O)CCCC2. The van der Waals surface area contributed by atoms with Crippen molar-refractivity contribution in [2.24, 2.45) is 0 Å². The van der Waals surface area contributed by atoms with E-state index in [9.17, 15) is 9.59 Å². The van der Waals surface area contributed by atoms with Crippen molar-refractivity contribution in [2.75, 3.05) is 30.7 Å². The molecule has 2 aromatic rings. The van der Waals surface area contributed by atoms with Crippen molar-refractivity contribution in [3.63, 3.8) is 0 Å². The molecule has 3 rings (SSSR count). The first kappa shape index (κ1) is 24.8. The second-order valence-electron chi connectivity index (χ2n) is 8.11. The molecule has 1 heterocycles. The molecule has 0 radical (unpaired) electrons. The monoisotopic (exact) mass is 476 g/mol. The van der Waals surface area contributed by atoms with Gasteiger partial charge in [0, 0.05) is 28.5 Å². The topological polar surface area (TPSA) is 67.2 Å². The van der Waals surface area contributed by atoms with E-state index in [4.69, 9.17) is 11.6 Å². The van der Waals surface area contributed by atoms with Crippen molar-refractivity contribution in [2.45, 2.75) is 64.4 Å². The van der Waals surface area contributed by atoms with Gasteiger partial charge in [-0.25, -0.2) is 4.79 Å². The van der Waals surface area contributed by atoms with Crippen molar-refractivity contribution in [3.05, 3.63) is 50.5 Å². The van der Waals surface area contributed by atoms with Gasteiger partial charge >= 0.3 is 5.69 Å². The Hall–Kier alpha value is -1.83. The van der Waals surface area contributed by atoms with Crippen LogP contribution in [0.25, 0.3) is 0 Å². The average Bonchev–Trinajstić information content (AvgIpc) is 2.79. The van der Waals surface area contributed by atoms with E-state index in [1.54, 1.807) is 6.07 Å². The van der Waals surface area contributed by atoms with E-state index >= 15 is 0 Å². The molecule has 0 unspecified atom stereocenters. The molecule has 0 aliphatic heterocycles. The number of carbonyl (C=O) groups is 1. The molecule has 1 aromatic carbocycles. The summed E-state index contributed by atoms with van der Waals surface area (Å²) in [6.45, 7) is 9.92. The van der Waals surface area contributed by atoms with Gasteiger partial charge in [0.05, 0.1) is 5.75 Å². The summed E-state index contributed by atoms with van der Waals surface area (Å²) in [6, 6.07) is 5.45. The third-order valence-electron chi connectivity index (χ3n) is 6.08. The van der Waals surface area contributed by atoms with Gasteiger partial charge in [0.1, 0.15) is 5.03 Å². The smallest absolute Gasteiger partial charge is 0.325 e. The number of benzene rings is 1. The number of thioether (sulfide) groups is 1. The Balaban J connectivity index is 1.70. The normalized spacial score (nSPS) is 13.3. The zero-order valence-electron chi connectivity index (χ0n) is 19.2. The Morgan fingerprint density at radius 2 is 2.00 bits per heavy atom. The lowest BCUT2D eigenvalue weighted by Crippen LogP contribution is -2.32. The van der Waals surface area contributed by atoms with Crippen molar-refractivity contribution in [1.82, 2.24) is 14.5 Å². The van der Waals surface area contributed by atoms with E-state index < -0.39 is 0 Å². The Morgan fingerprint density at radius 1 is 1.25 bits per heavy atom. The molecule has 0 saturated carbocycles. The lowest BCUT2D eigenvalue weighted by molar-refractivity contribution is -0.113. The summed E-state index contributed by atoms with van der Waals surface area (Å²) in [5.41, 5.74) is 3.62. The van der Waals surface area contributed by atoms with Gasteiger partial charge in [-0.2, -0.15) is 4.98 Å². The number of amides is 1. The highest BCUT2D eigenvalue weighted by molar-refractivity contribution is 8.00. The van der Waals surface area contributed by atoms with Gasteiger partial charge < -0.3 is 10.2 Å². The minimum absolute atomic E-state index is 0.130. The summed E-state index contributed by atoms with van der Waals surface area (Å²) in [6.07, 6.45) is 4.93. The Bertz CT molecular complexity index is 1000. The van der Waals surface area contributed by atoms with Gasteiger partial charge in [-0.3, -0.25) is 9.36 Å². The van der Waals surface area contributed by atoms with Crippen LogP contribution in [-0.2, 0) is 24.2 Å². The second-order valence-corrected chi connectivity index (χ2v) is 9.48. The number of carbonyl (C=O) groups excluding carboxylic acids is 1. The summed E-state index contributed by atoms with van der Waals surface area (Å²) in [5.74, 6) is 0.0757. The minimum Gasteiger partial charge on any atom is -0.325 e. The van der Waals surface area contributed by atoms with Gasteiger partial charge in [-0.05, 0) is 76.4 Å². The zero-order chi connectivity index (χ0) is 23.1. The molecule has 1 amide bonds. The number of hydrogen-bond donors (Lipinski definition) is 1. The van der Waals surface area contributed by atoms with E-state index in [0.29, 0.717) is 22.3 Å². The lowest BCUT2D eigenvalue weighted by atomic mass is 9.97. The average molecular weight is 477 g/mol. The molecular weight excluding hydrogens is 444 g/mol. The highest BCUT2D eigenvalue weighted by Gasteiger charge is 2.21. The Morgan fingerprint density at radius 3 is 2.75 bits per heavy atom. The van der Waals surface area contributed by atoms with Crippen LogP contribution in [0.2, 0.25) is 5.02 Å². The van der Waals surface area contributed by atoms with Crippen LogP contribution in [0.3, 0.4) is 0 Å². The summed E-state index contributed by atoms with van der Waals surface area (Å²) < 4.78 is 1.87. The van der Waals surface area contributed by atoms with E-state index in [-0.39, 0.29) is 17.3 Å². The maximum absolute atomic E-state index is 12.9. The highest BCUT2D eigenvalue weighted by atomic mass is 35.5.